The summed E-state index contributed by atoms with van der Waals surface area (Å²) in [5.41, 5.74) is -1.26. The molecule has 0 bridgehead atoms. The van der Waals surface area contributed by atoms with Crippen LogP contribution in [0.25, 0.3) is 0 Å². The van der Waals surface area contributed by atoms with Gasteiger partial charge in [-0.05, 0) is 42.7 Å². The fraction of sp³-hybridized carbons (Fsp3) is 0.316. The van der Waals surface area contributed by atoms with E-state index in [2.05, 4.69) is 4.72 Å². The number of nitrogens with one attached hydrogen (secondary N) is 1. The van der Waals surface area contributed by atoms with Gasteiger partial charge in [0.15, 0.2) is 0 Å². The summed E-state index contributed by atoms with van der Waals surface area (Å²) in [5, 5.41) is -0.543. The molecule has 0 aliphatic carbocycles. The summed E-state index contributed by atoms with van der Waals surface area (Å²) in [5.74, 6) is -0.337. The summed E-state index contributed by atoms with van der Waals surface area (Å²) >= 11 is 6.87. The lowest BCUT2D eigenvalue weighted by Crippen LogP contribution is -2.40. The van der Waals surface area contributed by atoms with Gasteiger partial charge in [-0.3, -0.25) is 9.52 Å². The highest BCUT2D eigenvalue weighted by molar-refractivity contribution is 7.98. The van der Waals surface area contributed by atoms with Gasteiger partial charge in [-0.15, -0.1) is 11.8 Å². The van der Waals surface area contributed by atoms with Gasteiger partial charge in [-0.1, -0.05) is 11.6 Å². The SMILES string of the molecule is CSc1ccc(S(=O)(=O)Nc2ccc(Cl)c(C(F)(F)F)c2)cc1C(=O)N1CCOCC1. The molecule has 0 unspecified atom stereocenters. The van der Waals surface area contributed by atoms with Gasteiger partial charge < -0.3 is 9.64 Å². The van der Waals surface area contributed by atoms with E-state index in [-0.39, 0.29) is 22.1 Å². The predicted octanol–water partition coefficient (Wildman–Crippen LogP) is 4.35. The van der Waals surface area contributed by atoms with Crippen molar-refractivity contribution in [2.45, 2.75) is 16.0 Å². The van der Waals surface area contributed by atoms with E-state index in [4.69, 9.17) is 16.3 Å². The van der Waals surface area contributed by atoms with E-state index in [1.807, 2.05) is 0 Å². The molecule has 0 atom stereocenters. The van der Waals surface area contributed by atoms with Crippen molar-refractivity contribution < 1.29 is 31.1 Å². The van der Waals surface area contributed by atoms with E-state index >= 15 is 0 Å². The van der Waals surface area contributed by atoms with E-state index in [1.54, 1.807) is 11.2 Å². The number of rotatable bonds is 5. The molecule has 1 aliphatic heterocycles. The number of morpholine rings is 1. The van der Waals surface area contributed by atoms with Crippen LogP contribution in [-0.4, -0.2) is 51.8 Å². The molecule has 1 fully saturated rings. The van der Waals surface area contributed by atoms with Crippen LogP contribution in [0.3, 0.4) is 0 Å². The quantitative estimate of drug-likeness (QED) is 0.625. The van der Waals surface area contributed by atoms with Gasteiger partial charge in [-0.25, -0.2) is 8.42 Å². The van der Waals surface area contributed by atoms with Gasteiger partial charge in [0.25, 0.3) is 15.9 Å². The number of anilines is 1. The molecule has 0 saturated carbocycles. The normalized spacial score (nSPS) is 15.1. The van der Waals surface area contributed by atoms with Gasteiger partial charge in [0.2, 0.25) is 0 Å². The molecule has 0 radical (unpaired) electrons. The van der Waals surface area contributed by atoms with Crippen LogP contribution in [0.1, 0.15) is 15.9 Å². The Hall–Kier alpha value is -1.95. The molecular weight excluding hydrogens is 477 g/mol. The summed E-state index contributed by atoms with van der Waals surface area (Å²) in [6.07, 6.45) is -2.99. The summed E-state index contributed by atoms with van der Waals surface area (Å²) in [7, 11) is -4.27. The number of ether oxygens (including phenoxy) is 1. The Morgan fingerprint density at radius 2 is 1.84 bits per heavy atom. The van der Waals surface area contributed by atoms with Gasteiger partial charge in [0, 0.05) is 23.7 Å². The Labute approximate surface area is 186 Å². The first-order valence-electron chi connectivity index (χ1n) is 8.97. The monoisotopic (exact) mass is 494 g/mol. The van der Waals surface area contributed by atoms with E-state index in [0.717, 1.165) is 12.1 Å². The Morgan fingerprint density at radius 1 is 1.16 bits per heavy atom. The number of amides is 1. The van der Waals surface area contributed by atoms with Crippen LogP contribution in [0.2, 0.25) is 5.02 Å². The molecule has 2 aromatic carbocycles. The summed E-state index contributed by atoms with van der Waals surface area (Å²) in [6, 6.07) is 6.74. The lowest BCUT2D eigenvalue weighted by Gasteiger charge is -2.27. The number of halogens is 4. The van der Waals surface area contributed by atoms with Crippen molar-refractivity contribution in [3.8, 4) is 0 Å². The van der Waals surface area contributed by atoms with Crippen LogP contribution in [0.4, 0.5) is 18.9 Å². The van der Waals surface area contributed by atoms with Crippen molar-refractivity contribution in [3.63, 3.8) is 0 Å². The molecule has 168 valence electrons. The first kappa shape index (κ1) is 23.7. The maximum Gasteiger partial charge on any atom is 0.417 e. The molecule has 1 N–H and O–H groups in total. The Morgan fingerprint density at radius 3 is 2.45 bits per heavy atom. The predicted molar refractivity (Wildman–Crippen MR) is 112 cm³/mol. The minimum absolute atomic E-state index is 0.198. The zero-order valence-electron chi connectivity index (χ0n) is 16.2. The molecule has 3 rings (SSSR count). The molecule has 6 nitrogen and oxygen atoms in total. The minimum atomic E-state index is -4.74. The summed E-state index contributed by atoms with van der Waals surface area (Å²) in [4.78, 5) is 14.8. The zero-order valence-corrected chi connectivity index (χ0v) is 18.6. The average molecular weight is 495 g/mol. The Bertz CT molecular complexity index is 1090. The zero-order chi connectivity index (χ0) is 22.8. The molecule has 1 aliphatic rings. The highest BCUT2D eigenvalue weighted by Crippen LogP contribution is 2.36. The molecule has 0 spiro atoms. The summed E-state index contributed by atoms with van der Waals surface area (Å²) in [6.45, 7) is 1.54. The topological polar surface area (TPSA) is 75.7 Å². The smallest absolute Gasteiger partial charge is 0.378 e. The molecule has 2 aromatic rings. The number of hydrogen-bond acceptors (Lipinski definition) is 5. The fourth-order valence-electron chi connectivity index (χ4n) is 2.98. The highest BCUT2D eigenvalue weighted by atomic mass is 35.5. The standard InChI is InChI=1S/C19H18ClF3N2O4S2/c1-30-17-5-3-13(11-14(17)18(26)25-6-8-29-9-7-25)31(27,28)24-12-2-4-16(20)15(10-12)19(21,22)23/h2-5,10-11,24H,6-9H2,1H3. The van der Waals surface area contributed by atoms with E-state index < -0.39 is 26.8 Å². The maximum atomic E-state index is 13.1. The highest BCUT2D eigenvalue weighted by Gasteiger charge is 2.34. The fourth-order valence-corrected chi connectivity index (χ4v) is 4.85. The number of benzene rings is 2. The molecular formula is C19H18ClF3N2O4S2. The average Bonchev–Trinajstić information content (AvgIpc) is 2.73. The first-order valence-corrected chi connectivity index (χ1v) is 12.1. The molecule has 31 heavy (non-hydrogen) atoms. The number of alkyl halides is 3. The van der Waals surface area contributed by atoms with Crippen molar-refractivity contribution in [1.29, 1.82) is 0 Å². The number of nitrogens with zero attached hydrogens (tertiary/aromatic N) is 1. The first-order chi connectivity index (χ1) is 14.5. The maximum absolute atomic E-state index is 13.1. The lowest BCUT2D eigenvalue weighted by atomic mass is 10.2. The third-order valence-electron chi connectivity index (χ3n) is 4.53. The van der Waals surface area contributed by atoms with E-state index in [9.17, 15) is 26.4 Å². The van der Waals surface area contributed by atoms with Gasteiger partial charge in [-0.2, -0.15) is 13.2 Å². The number of carbonyl (C=O) groups is 1. The van der Waals surface area contributed by atoms with E-state index in [0.29, 0.717) is 37.3 Å². The van der Waals surface area contributed by atoms with Crippen molar-refractivity contribution in [2.24, 2.45) is 0 Å². The van der Waals surface area contributed by atoms with Crippen LogP contribution in [0.15, 0.2) is 46.2 Å². The lowest BCUT2D eigenvalue weighted by molar-refractivity contribution is -0.137. The number of thioether (sulfide) groups is 1. The second-order valence-corrected chi connectivity index (χ2v) is 9.50. The number of carbonyl (C=O) groups excluding carboxylic acids is 1. The molecule has 1 amide bonds. The number of sulfonamides is 1. The van der Waals surface area contributed by atoms with Crippen molar-refractivity contribution in [2.75, 3.05) is 37.3 Å². The van der Waals surface area contributed by atoms with Crippen LogP contribution in [0, 0.1) is 0 Å². The van der Waals surface area contributed by atoms with Gasteiger partial charge in [0.05, 0.1) is 34.3 Å². The Balaban J connectivity index is 1.94. The van der Waals surface area contributed by atoms with Gasteiger partial charge >= 0.3 is 6.18 Å². The second kappa shape index (κ2) is 9.27. The number of hydrogen-bond donors (Lipinski definition) is 1. The van der Waals surface area contributed by atoms with Gasteiger partial charge in [0.1, 0.15) is 0 Å². The second-order valence-electron chi connectivity index (χ2n) is 6.56. The summed E-state index contributed by atoms with van der Waals surface area (Å²) < 4.78 is 72.2. The van der Waals surface area contributed by atoms with Crippen LogP contribution in [0.5, 0.6) is 0 Å². The van der Waals surface area contributed by atoms with Crippen LogP contribution < -0.4 is 4.72 Å². The van der Waals surface area contributed by atoms with Crippen molar-refractivity contribution >= 4 is 45.0 Å². The molecule has 1 saturated heterocycles. The minimum Gasteiger partial charge on any atom is -0.378 e. The molecule has 0 aromatic heterocycles. The Kier molecular flexibility index (Phi) is 7.09. The van der Waals surface area contributed by atoms with Crippen molar-refractivity contribution in [1.82, 2.24) is 4.90 Å². The van der Waals surface area contributed by atoms with Crippen LogP contribution >= 0.6 is 23.4 Å². The van der Waals surface area contributed by atoms with Crippen molar-refractivity contribution in [3.05, 3.63) is 52.5 Å². The van der Waals surface area contributed by atoms with Crippen LogP contribution in [-0.2, 0) is 20.9 Å². The van der Waals surface area contributed by atoms with E-state index in [1.165, 1.54) is 30.0 Å². The molecule has 12 heteroatoms. The third-order valence-corrected chi connectivity index (χ3v) is 7.04. The third kappa shape index (κ3) is 5.46. The molecule has 1 heterocycles. The largest absolute Gasteiger partial charge is 0.417 e.